The minimum absolute atomic E-state index is 0.0416. The van der Waals surface area contributed by atoms with Gasteiger partial charge in [-0.3, -0.25) is 9.59 Å². The molecule has 0 aromatic heterocycles. The molecule has 4 heteroatoms. The summed E-state index contributed by atoms with van der Waals surface area (Å²) in [5, 5.41) is 2.43. The van der Waals surface area contributed by atoms with Crippen LogP contribution in [0.3, 0.4) is 0 Å². The maximum absolute atomic E-state index is 12.2. The molecule has 0 aliphatic rings. The molecule has 2 aromatic rings. The summed E-state index contributed by atoms with van der Waals surface area (Å²) in [7, 11) is 0. The predicted octanol–water partition coefficient (Wildman–Crippen LogP) is 1.77. The van der Waals surface area contributed by atoms with Crippen molar-refractivity contribution in [3.05, 3.63) is 71.3 Å². The van der Waals surface area contributed by atoms with Crippen molar-refractivity contribution in [2.45, 2.75) is 12.5 Å². The molecule has 0 spiro atoms. The van der Waals surface area contributed by atoms with Crippen LogP contribution in [-0.4, -0.2) is 24.5 Å². The van der Waals surface area contributed by atoms with Crippen LogP contribution in [0, 0.1) is 0 Å². The van der Waals surface area contributed by atoms with E-state index in [1.54, 1.807) is 36.4 Å². The van der Waals surface area contributed by atoms with E-state index in [4.69, 9.17) is 0 Å². The first-order chi connectivity index (χ1) is 10.2. The van der Waals surface area contributed by atoms with Crippen molar-refractivity contribution < 1.29 is 14.4 Å². The zero-order chi connectivity index (χ0) is 15.1. The second-order valence-electron chi connectivity index (χ2n) is 4.62. The highest BCUT2D eigenvalue weighted by atomic mass is 16.1. The van der Waals surface area contributed by atoms with Crippen LogP contribution in [0.2, 0.25) is 0 Å². The number of amides is 1. The van der Waals surface area contributed by atoms with Gasteiger partial charge < -0.3 is 10.1 Å². The SMILES string of the molecule is O=CNC(C=O)Cc1ccc(C(=O)c2ccccc2)cc1. The van der Waals surface area contributed by atoms with Gasteiger partial charge in [-0.2, -0.15) is 0 Å². The average Bonchev–Trinajstić information content (AvgIpc) is 2.55. The standard InChI is InChI=1S/C17H15NO3/c19-11-16(18-12-20)10-13-6-8-15(9-7-13)17(21)14-4-2-1-3-5-14/h1-9,11-12,16H,10H2,(H,18,20). The fraction of sp³-hybridized carbons (Fsp3) is 0.118. The van der Waals surface area contributed by atoms with Crippen LogP contribution in [0.25, 0.3) is 0 Å². The average molecular weight is 281 g/mol. The lowest BCUT2D eigenvalue weighted by Gasteiger charge is -2.09. The number of carbonyl (C=O) groups is 3. The fourth-order valence-electron chi connectivity index (χ4n) is 2.04. The van der Waals surface area contributed by atoms with Gasteiger partial charge in [-0.25, -0.2) is 0 Å². The monoisotopic (exact) mass is 281 g/mol. The van der Waals surface area contributed by atoms with Crippen molar-refractivity contribution in [1.82, 2.24) is 5.32 Å². The fourth-order valence-corrected chi connectivity index (χ4v) is 2.04. The third kappa shape index (κ3) is 3.86. The van der Waals surface area contributed by atoms with Crippen LogP contribution < -0.4 is 5.32 Å². The molecule has 0 saturated heterocycles. The van der Waals surface area contributed by atoms with Crippen LogP contribution in [0.15, 0.2) is 54.6 Å². The summed E-state index contributed by atoms with van der Waals surface area (Å²) in [6.45, 7) is 0. The van der Waals surface area contributed by atoms with Crippen LogP contribution in [0.5, 0.6) is 0 Å². The van der Waals surface area contributed by atoms with Crippen molar-refractivity contribution in [2.24, 2.45) is 0 Å². The van der Waals surface area contributed by atoms with Gasteiger partial charge in [0.05, 0.1) is 6.04 Å². The number of nitrogens with one attached hydrogen (secondary N) is 1. The van der Waals surface area contributed by atoms with Gasteiger partial charge >= 0.3 is 0 Å². The van der Waals surface area contributed by atoms with Crippen molar-refractivity contribution in [2.75, 3.05) is 0 Å². The van der Waals surface area contributed by atoms with E-state index in [-0.39, 0.29) is 5.78 Å². The maximum Gasteiger partial charge on any atom is 0.207 e. The number of hydrogen-bond acceptors (Lipinski definition) is 3. The van der Waals surface area contributed by atoms with Gasteiger partial charge in [-0.1, -0.05) is 54.6 Å². The molecular weight excluding hydrogens is 266 g/mol. The first-order valence-corrected chi connectivity index (χ1v) is 6.58. The van der Waals surface area contributed by atoms with Crippen LogP contribution in [0.1, 0.15) is 21.5 Å². The number of ketones is 1. The van der Waals surface area contributed by atoms with E-state index >= 15 is 0 Å². The third-order valence-electron chi connectivity index (χ3n) is 3.15. The number of aldehydes is 1. The first kappa shape index (κ1) is 14.7. The highest BCUT2D eigenvalue weighted by Gasteiger charge is 2.10. The Morgan fingerprint density at radius 3 is 2.14 bits per heavy atom. The minimum Gasteiger partial charge on any atom is -0.349 e. The Morgan fingerprint density at radius 2 is 1.57 bits per heavy atom. The third-order valence-corrected chi connectivity index (χ3v) is 3.15. The van der Waals surface area contributed by atoms with Gasteiger partial charge in [0.25, 0.3) is 0 Å². The molecule has 0 radical (unpaired) electrons. The molecular formula is C17H15NO3. The van der Waals surface area contributed by atoms with E-state index in [9.17, 15) is 14.4 Å². The van der Waals surface area contributed by atoms with E-state index in [2.05, 4.69) is 5.32 Å². The summed E-state index contributed by atoms with van der Waals surface area (Å²) in [6, 6.07) is 15.5. The Bertz CT molecular complexity index is 620. The van der Waals surface area contributed by atoms with Crippen LogP contribution in [-0.2, 0) is 16.0 Å². The van der Waals surface area contributed by atoms with E-state index < -0.39 is 6.04 Å². The lowest BCUT2D eigenvalue weighted by molar-refractivity contribution is -0.115. The Hall–Kier alpha value is -2.75. The molecule has 0 bridgehead atoms. The van der Waals surface area contributed by atoms with E-state index in [0.717, 1.165) is 5.56 Å². The summed E-state index contributed by atoms with van der Waals surface area (Å²) in [5.74, 6) is -0.0416. The normalized spacial score (nSPS) is 11.4. The molecule has 1 atom stereocenters. The summed E-state index contributed by atoms with van der Waals surface area (Å²) in [6.07, 6.45) is 1.60. The minimum atomic E-state index is -0.543. The van der Waals surface area contributed by atoms with Gasteiger partial charge in [-0.05, 0) is 12.0 Å². The molecule has 2 rings (SSSR count). The zero-order valence-corrected chi connectivity index (χ0v) is 11.4. The largest absolute Gasteiger partial charge is 0.349 e. The lowest BCUT2D eigenvalue weighted by atomic mass is 10.00. The second-order valence-corrected chi connectivity index (χ2v) is 4.62. The van der Waals surface area contributed by atoms with Gasteiger partial charge in [0.15, 0.2) is 5.78 Å². The van der Waals surface area contributed by atoms with E-state index in [0.29, 0.717) is 30.2 Å². The van der Waals surface area contributed by atoms with Crippen molar-refractivity contribution >= 4 is 18.5 Å². The smallest absolute Gasteiger partial charge is 0.207 e. The molecule has 21 heavy (non-hydrogen) atoms. The molecule has 0 aliphatic heterocycles. The van der Waals surface area contributed by atoms with Gasteiger partial charge in [-0.15, -0.1) is 0 Å². The van der Waals surface area contributed by atoms with Crippen molar-refractivity contribution in [3.8, 4) is 0 Å². The quantitative estimate of drug-likeness (QED) is 0.621. The van der Waals surface area contributed by atoms with Gasteiger partial charge in [0.1, 0.15) is 6.29 Å². The second kappa shape index (κ2) is 7.14. The number of carbonyl (C=O) groups excluding carboxylic acids is 3. The first-order valence-electron chi connectivity index (χ1n) is 6.58. The van der Waals surface area contributed by atoms with Gasteiger partial charge in [0.2, 0.25) is 6.41 Å². The number of benzene rings is 2. The summed E-state index contributed by atoms with van der Waals surface area (Å²) in [5.41, 5.74) is 2.11. The molecule has 4 nitrogen and oxygen atoms in total. The molecule has 0 saturated carbocycles. The number of hydrogen-bond donors (Lipinski definition) is 1. The summed E-state index contributed by atoms with van der Waals surface area (Å²) >= 11 is 0. The van der Waals surface area contributed by atoms with Crippen LogP contribution >= 0.6 is 0 Å². The van der Waals surface area contributed by atoms with Crippen molar-refractivity contribution in [3.63, 3.8) is 0 Å². The summed E-state index contributed by atoms with van der Waals surface area (Å²) in [4.78, 5) is 33.4. The molecule has 1 N–H and O–H groups in total. The Balaban J connectivity index is 2.10. The maximum atomic E-state index is 12.2. The summed E-state index contributed by atoms with van der Waals surface area (Å²) < 4.78 is 0. The molecule has 0 fully saturated rings. The highest BCUT2D eigenvalue weighted by molar-refractivity contribution is 6.08. The number of rotatable bonds is 7. The molecule has 2 aromatic carbocycles. The predicted molar refractivity (Wildman–Crippen MR) is 79.1 cm³/mol. The van der Waals surface area contributed by atoms with Gasteiger partial charge in [0, 0.05) is 11.1 Å². The van der Waals surface area contributed by atoms with E-state index in [1.807, 2.05) is 18.2 Å². The Morgan fingerprint density at radius 1 is 0.952 bits per heavy atom. The topological polar surface area (TPSA) is 63.2 Å². The zero-order valence-electron chi connectivity index (χ0n) is 11.4. The molecule has 0 aliphatic carbocycles. The van der Waals surface area contributed by atoms with Crippen LogP contribution in [0.4, 0.5) is 0 Å². The molecule has 0 heterocycles. The Labute approximate surface area is 122 Å². The van der Waals surface area contributed by atoms with Crippen molar-refractivity contribution in [1.29, 1.82) is 0 Å². The Kier molecular flexibility index (Phi) is 4.99. The highest BCUT2D eigenvalue weighted by Crippen LogP contribution is 2.12. The molecule has 1 amide bonds. The lowest BCUT2D eigenvalue weighted by Crippen LogP contribution is -2.31. The molecule has 1 unspecified atom stereocenters. The van der Waals surface area contributed by atoms with E-state index in [1.165, 1.54) is 0 Å². The molecule has 106 valence electrons.